The Labute approximate surface area is 151 Å². The Hall–Kier alpha value is -3.15. The molecule has 0 spiro atoms. The lowest BCUT2D eigenvalue weighted by Gasteiger charge is -2.22. The molecule has 2 aromatic rings. The van der Waals surface area contributed by atoms with Crippen molar-refractivity contribution in [3.63, 3.8) is 0 Å². The third kappa shape index (κ3) is 4.08. The van der Waals surface area contributed by atoms with Crippen LogP contribution in [0.2, 0.25) is 0 Å². The highest BCUT2D eigenvalue weighted by Gasteiger charge is 2.24. The largest absolute Gasteiger partial charge is 0.452 e. The molecule has 0 aromatic heterocycles. The third-order valence-electron chi connectivity index (χ3n) is 4.21. The average Bonchev–Trinajstić information content (AvgIpc) is 2.65. The molecule has 1 heterocycles. The Bertz CT molecular complexity index is 833. The van der Waals surface area contributed by atoms with E-state index in [0.29, 0.717) is 24.1 Å². The first-order chi connectivity index (χ1) is 12.5. The van der Waals surface area contributed by atoms with Crippen molar-refractivity contribution in [2.75, 3.05) is 11.9 Å². The Morgan fingerprint density at radius 1 is 1.12 bits per heavy atom. The van der Waals surface area contributed by atoms with Gasteiger partial charge in [0.2, 0.25) is 11.8 Å². The zero-order chi connectivity index (χ0) is 18.5. The smallest absolute Gasteiger partial charge is 0.340 e. The first kappa shape index (κ1) is 17.7. The molecule has 1 aliphatic rings. The maximum atomic E-state index is 12.8. The number of amides is 2. The number of fused-ring (bicyclic) bond motifs is 1. The number of rotatable bonds is 5. The summed E-state index contributed by atoms with van der Waals surface area (Å²) in [5, 5.41) is 5.45. The minimum atomic E-state index is -0.622. The van der Waals surface area contributed by atoms with Gasteiger partial charge in [-0.2, -0.15) is 0 Å². The fourth-order valence-corrected chi connectivity index (χ4v) is 2.90. The normalized spacial score (nSPS) is 14.0. The van der Waals surface area contributed by atoms with Crippen molar-refractivity contribution in [3.8, 4) is 0 Å². The average molecular weight is 352 g/mol. The molecule has 2 amide bonds. The highest BCUT2D eigenvalue weighted by Crippen LogP contribution is 2.28. The summed E-state index contributed by atoms with van der Waals surface area (Å²) >= 11 is 0. The summed E-state index contributed by atoms with van der Waals surface area (Å²) in [6, 6.07) is 14.5. The van der Waals surface area contributed by atoms with Gasteiger partial charge >= 0.3 is 5.97 Å². The number of hydrogen-bond donors (Lipinski definition) is 2. The SMILES string of the molecule is CC(=O)NCC(OC(=O)c1cccc2c1NC(=O)CC2)c1ccccc1. The molecular weight excluding hydrogens is 332 g/mol. The van der Waals surface area contributed by atoms with E-state index >= 15 is 0 Å². The molecule has 0 saturated carbocycles. The Morgan fingerprint density at radius 2 is 1.88 bits per heavy atom. The second kappa shape index (κ2) is 7.82. The lowest BCUT2D eigenvalue weighted by atomic mass is 9.99. The highest BCUT2D eigenvalue weighted by atomic mass is 16.5. The number of carbonyl (C=O) groups is 3. The van der Waals surface area contributed by atoms with Gasteiger partial charge in [-0.15, -0.1) is 0 Å². The van der Waals surface area contributed by atoms with Crippen LogP contribution in [-0.4, -0.2) is 24.3 Å². The lowest BCUT2D eigenvalue weighted by molar-refractivity contribution is -0.119. The zero-order valence-electron chi connectivity index (χ0n) is 14.5. The first-order valence-electron chi connectivity index (χ1n) is 8.46. The fourth-order valence-electron chi connectivity index (χ4n) is 2.90. The van der Waals surface area contributed by atoms with E-state index in [2.05, 4.69) is 10.6 Å². The van der Waals surface area contributed by atoms with Gasteiger partial charge in [-0.25, -0.2) is 4.79 Å². The lowest BCUT2D eigenvalue weighted by Crippen LogP contribution is -2.29. The van der Waals surface area contributed by atoms with Gasteiger partial charge in [0.15, 0.2) is 0 Å². The summed E-state index contributed by atoms with van der Waals surface area (Å²) in [4.78, 5) is 35.7. The molecule has 0 saturated heterocycles. The number of esters is 1. The van der Waals surface area contributed by atoms with Crippen LogP contribution in [0.1, 0.15) is 40.9 Å². The second-order valence-electron chi connectivity index (χ2n) is 6.13. The first-order valence-corrected chi connectivity index (χ1v) is 8.46. The monoisotopic (exact) mass is 352 g/mol. The van der Waals surface area contributed by atoms with Gasteiger partial charge in [-0.05, 0) is 23.6 Å². The molecule has 6 heteroatoms. The topological polar surface area (TPSA) is 84.5 Å². The van der Waals surface area contributed by atoms with Gasteiger partial charge in [0.1, 0.15) is 6.10 Å². The molecular formula is C20H20N2O4. The van der Waals surface area contributed by atoms with Crippen molar-refractivity contribution in [2.24, 2.45) is 0 Å². The van der Waals surface area contributed by atoms with Gasteiger partial charge in [-0.1, -0.05) is 42.5 Å². The Balaban J connectivity index is 1.84. The van der Waals surface area contributed by atoms with Crippen LogP contribution < -0.4 is 10.6 Å². The molecule has 0 aliphatic carbocycles. The highest BCUT2D eigenvalue weighted by molar-refractivity contribution is 6.03. The van der Waals surface area contributed by atoms with Gasteiger partial charge in [0.25, 0.3) is 0 Å². The van der Waals surface area contributed by atoms with E-state index in [-0.39, 0.29) is 18.4 Å². The predicted octanol–water partition coefficient (Wildman–Crippen LogP) is 2.61. The van der Waals surface area contributed by atoms with Gasteiger partial charge < -0.3 is 15.4 Å². The number of carbonyl (C=O) groups excluding carboxylic acids is 3. The van der Waals surface area contributed by atoms with E-state index in [1.807, 2.05) is 36.4 Å². The van der Waals surface area contributed by atoms with E-state index in [0.717, 1.165) is 11.1 Å². The summed E-state index contributed by atoms with van der Waals surface area (Å²) in [6.07, 6.45) is 0.375. The van der Waals surface area contributed by atoms with Crippen LogP contribution in [0.3, 0.4) is 0 Å². The van der Waals surface area contributed by atoms with Crippen molar-refractivity contribution in [3.05, 3.63) is 65.2 Å². The van der Waals surface area contributed by atoms with Crippen LogP contribution in [0.4, 0.5) is 5.69 Å². The van der Waals surface area contributed by atoms with Crippen molar-refractivity contribution < 1.29 is 19.1 Å². The Kier molecular flexibility index (Phi) is 5.31. The zero-order valence-corrected chi connectivity index (χ0v) is 14.5. The summed E-state index contributed by atoms with van der Waals surface area (Å²) in [6.45, 7) is 1.58. The van der Waals surface area contributed by atoms with E-state index in [4.69, 9.17) is 4.74 Å². The molecule has 6 nitrogen and oxygen atoms in total. The van der Waals surface area contributed by atoms with Crippen LogP contribution in [0.25, 0.3) is 0 Å². The standard InChI is InChI=1S/C20H20N2O4/c1-13(23)21-12-17(14-6-3-2-4-7-14)26-20(25)16-9-5-8-15-10-11-18(24)22-19(15)16/h2-9,17H,10-12H2,1H3,(H,21,23)(H,22,24). The van der Waals surface area contributed by atoms with Crippen molar-refractivity contribution in [2.45, 2.75) is 25.9 Å². The molecule has 2 N–H and O–H groups in total. The second-order valence-corrected chi connectivity index (χ2v) is 6.13. The van der Waals surface area contributed by atoms with E-state index in [1.54, 1.807) is 12.1 Å². The van der Waals surface area contributed by atoms with Crippen molar-refractivity contribution >= 4 is 23.5 Å². The molecule has 0 radical (unpaired) electrons. The van der Waals surface area contributed by atoms with Crippen molar-refractivity contribution in [1.82, 2.24) is 5.32 Å². The number of nitrogens with one attached hydrogen (secondary N) is 2. The van der Waals surface area contributed by atoms with E-state index in [9.17, 15) is 14.4 Å². The summed E-state index contributed by atoms with van der Waals surface area (Å²) < 4.78 is 5.67. The molecule has 1 atom stereocenters. The number of benzene rings is 2. The maximum Gasteiger partial charge on any atom is 0.340 e. The number of para-hydroxylation sites is 1. The summed E-state index contributed by atoms with van der Waals surface area (Å²) in [5.41, 5.74) is 2.53. The van der Waals surface area contributed by atoms with Crippen LogP contribution in [0.15, 0.2) is 48.5 Å². The molecule has 1 aliphatic heterocycles. The molecule has 26 heavy (non-hydrogen) atoms. The molecule has 0 bridgehead atoms. The molecule has 1 unspecified atom stereocenters. The van der Waals surface area contributed by atoms with E-state index in [1.165, 1.54) is 6.92 Å². The Morgan fingerprint density at radius 3 is 2.62 bits per heavy atom. The molecule has 134 valence electrons. The van der Waals surface area contributed by atoms with Gasteiger partial charge in [-0.3, -0.25) is 9.59 Å². The minimum absolute atomic E-state index is 0.115. The van der Waals surface area contributed by atoms with Gasteiger partial charge in [0, 0.05) is 13.3 Å². The maximum absolute atomic E-state index is 12.8. The predicted molar refractivity (Wildman–Crippen MR) is 96.7 cm³/mol. The van der Waals surface area contributed by atoms with Crippen LogP contribution in [0.5, 0.6) is 0 Å². The van der Waals surface area contributed by atoms with Crippen LogP contribution in [-0.2, 0) is 20.7 Å². The number of ether oxygens (including phenoxy) is 1. The third-order valence-corrected chi connectivity index (χ3v) is 4.21. The number of anilines is 1. The number of aryl methyl sites for hydroxylation is 1. The van der Waals surface area contributed by atoms with Crippen molar-refractivity contribution in [1.29, 1.82) is 0 Å². The van der Waals surface area contributed by atoms with E-state index < -0.39 is 12.1 Å². The van der Waals surface area contributed by atoms with Crippen LogP contribution >= 0.6 is 0 Å². The molecule has 3 rings (SSSR count). The quantitative estimate of drug-likeness (QED) is 0.810. The minimum Gasteiger partial charge on any atom is -0.452 e. The van der Waals surface area contributed by atoms with Gasteiger partial charge in [0.05, 0.1) is 17.8 Å². The van der Waals surface area contributed by atoms with Crippen LogP contribution in [0, 0.1) is 0 Å². The molecule has 2 aromatic carbocycles. The fraction of sp³-hybridized carbons (Fsp3) is 0.250. The number of hydrogen-bond acceptors (Lipinski definition) is 4. The molecule has 0 fully saturated rings. The summed E-state index contributed by atoms with van der Waals surface area (Å²) in [5.74, 6) is -0.856. The summed E-state index contributed by atoms with van der Waals surface area (Å²) in [7, 11) is 0.